The van der Waals surface area contributed by atoms with Crippen LogP contribution in [0.2, 0.25) is 0 Å². The Morgan fingerprint density at radius 2 is 1.72 bits per heavy atom. The van der Waals surface area contributed by atoms with Crippen molar-refractivity contribution in [1.82, 2.24) is 10.3 Å². The predicted molar refractivity (Wildman–Crippen MR) is 138 cm³/mol. The van der Waals surface area contributed by atoms with Gasteiger partial charge in [-0.3, -0.25) is 19.3 Å². The summed E-state index contributed by atoms with van der Waals surface area (Å²) in [6.45, 7) is 1.84. The maximum atomic E-state index is 14.1. The summed E-state index contributed by atoms with van der Waals surface area (Å²) in [6.07, 6.45) is 1.94. The zero-order valence-corrected chi connectivity index (χ0v) is 20.4. The number of carbonyl (C=O) groups excluding carboxylic acids is 3. The summed E-state index contributed by atoms with van der Waals surface area (Å²) in [6, 6.07) is 18.2. The highest BCUT2D eigenvalue weighted by molar-refractivity contribution is 6.17. The van der Waals surface area contributed by atoms with E-state index in [4.69, 9.17) is 4.98 Å². The lowest BCUT2D eigenvalue weighted by Gasteiger charge is -2.37. The van der Waals surface area contributed by atoms with Gasteiger partial charge < -0.3 is 15.1 Å². The fraction of sp³-hybridized carbons (Fsp3) is 0.286. The van der Waals surface area contributed by atoms with Gasteiger partial charge in [-0.05, 0) is 49.1 Å². The molecule has 3 amide bonds. The molecule has 6 rings (SSSR count). The number of hydrogen-bond donors (Lipinski definition) is 1. The smallest absolute Gasteiger partial charge is 0.261 e. The molecule has 1 saturated carbocycles. The van der Waals surface area contributed by atoms with Crippen molar-refractivity contribution in [2.75, 3.05) is 28.8 Å². The molecule has 1 fully saturated rings. The Bertz CT molecular complexity index is 1400. The highest BCUT2D eigenvalue weighted by Gasteiger charge is 2.43. The lowest BCUT2D eigenvalue weighted by atomic mass is 9.95. The molecular weight excluding hydrogens is 454 g/mol. The van der Waals surface area contributed by atoms with Crippen molar-refractivity contribution in [1.29, 1.82) is 0 Å². The molecule has 0 spiro atoms. The first kappa shape index (κ1) is 22.3. The standard InChI is InChI=1S/C28H27N5O3/c1-16-27(35)32(3)21-14-15-22(30-25(21)31(16)2)33-24(17-8-5-4-6-9-17)19-10-7-11-20(23(19)28(33)36)26(34)29-18-12-13-18/h4-11,14-16,18,24H,12-13H2,1-3H3,(H,29,34). The summed E-state index contributed by atoms with van der Waals surface area (Å²) < 4.78 is 0. The molecule has 1 aliphatic carbocycles. The van der Waals surface area contributed by atoms with Crippen molar-refractivity contribution in [2.24, 2.45) is 0 Å². The topological polar surface area (TPSA) is 85.8 Å². The van der Waals surface area contributed by atoms with E-state index in [1.807, 2.05) is 67.4 Å². The van der Waals surface area contributed by atoms with Crippen LogP contribution in [0, 0.1) is 0 Å². The van der Waals surface area contributed by atoms with Gasteiger partial charge in [0, 0.05) is 20.1 Å². The van der Waals surface area contributed by atoms with Crippen LogP contribution >= 0.6 is 0 Å². The minimum Gasteiger partial charge on any atom is -0.349 e. The van der Waals surface area contributed by atoms with E-state index < -0.39 is 6.04 Å². The number of nitrogens with zero attached hydrogens (tertiary/aromatic N) is 4. The highest BCUT2D eigenvalue weighted by atomic mass is 16.2. The number of fused-ring (bicyclic) bond motifs is 2. The van der Waals surface area contributed by atoms with Crippen molar-refractivity contribution < 1.29 is 14.4 Å². The van der Waals surface area contributed by atoms with Crippen molar-refractivity contribution in [3.63, 3.8) is 0 Å². The number of nitrogens with one attached hydrogen (secondary N) is 1. The van der Waals surface area contributed by atoms with Gasteiger partial charge in [-0.2, -0.15) is 0 Å². The van der Waals surface area contributed by atoms with E-state index in [-0.39, 0.29) is 29.8 Å². The Kier molecular flexibility index (Phi) is 5.07. The van der Waals surface area contributed by atoms with Crippen molar-refractivity contribution >= 4 is 35.0 Å². The Balaban J connectivity index is 1.50. The number of carbonyl (C=O) groups is 3. The van der Waals surface area contributed by atoms with E-state index in [1.165, 1.54) is 0 Å². The second-order valence-electron chi connectivity index (χ2n) is 9.70. The second-order valence-corrected chi connectivity index (χ2v) is 9.70. The molecular formula is C28H27N5O3. The molecule has 182 valence electrons. The van der Waals surface area contributed by atoms with Gasteiger partial charge in [0.25, 0.3) is 11.8 Å². The van der Waals surface area contributed by atoms with Crippen molar-refractivity contribution in [3.05, 3.63) is 82.9 Å². The average molecular weight is 482 g/mol. The first-order valence-electron chi connectivity index (χ1n) is 12.2. The molecule has 36 heavy (non-hydrogen) atoms. The third-order valence-electron chi connectivity index (χ3n) is 7.41. The van der Waals surface area contributed by atoms with E-state index in [1.54, 1.807) is 29.0 Å². The monoisotopic (exact) mass is 481 g/mol. The number of amides is 3. The number of hydrogen-bond acceptors (Lipinski definition) is 5. The van der Waals surface area contributed by atoms with Gasteiger partial charge in [-0.1, -0.05) is 42.5 Å². The van der Waals surface area contributed by atoms with Crippen LogP contribution in [-0.2, 0) is 4.79 Å². The summed E-state index contributed by atoms with van der Waals surface area (Å²) in [5.74, 6) is 0.605. The third-order valence-corrected chi connectivity index (χ3v) is 7.41. The lowest BCUT2D eigenvalue weighted by Crippen LogP contribution is -2.49. The maximum Gasteiger partial charge on any atom is 0.261 e. The number of benzene rings is 2. The first-order chi connectivity index (χ1) is 17.4. The average Bonchev–Trinajstić information content (AvgIpc) is 3.67. The minimum atomic E-state index is -0.432. The molecule has 3 aromatic rings. The molecule has 0 saturated heterocycles. The second kappa shape index (κ2) is 8.19. The summed E-state index contributed by atoms with van der Waals surface area (Å²) in [5.41, 5.74) is 3.20. The van der Waals surface area contributed by atoms with E-state index >= 15 is 0 Å². The van der Waals surface area contributed by atoms with Crippen molar-refractivity contribution in [3.8, 4) is 0 Å². The fourth-order valence-electron chi connectivity index (χ4n) is 5.13. The Morgan fingerprint density at radius 1 is 0.972 bits per heavy atom. The largest absolute Gasteiger partial charge is 0.349 e. The Labute approximate surface area is 209 Å². The minimum absolute atomic E-state index is 0.0160. The number of anilines is 3. The molecule has 0 bridgehead atoms. The molecule has 1 N–H and O–H groups in total. The van der Waals surface area contributed by atoms with Gasteiger partial charge in [0.2, 0.25) is 5.91 Å². The van der Waals surface area contributed by atoms with Crippen LogP contribution in [0.15, 0.2) is 60.7 Å². The van der Waals surface area contributed by atoms with Crippen LogP contribution in [0.25, 0.3) is 0 Å². The zero-order chi connectivity index (χ0) is 25.1. The molecule has 3 aliphatic rings. The van der Waals surface area contributed by atoms with Crippen LogP contribution in [0.4, 0.5) is 17.3 Å². The normalized spacial score (nSPS) is 20.9. The van der Waals surface area contributed by atoms with Crippen LogP contribution in [0.5, 0.6) is 0 Å². The number of likely N-dealkylation sites (N-methyl/N-ethyl adjacent to an activating group) is 2. The quantitative estimate of drug-likeness (QED) is 0.616. The number of aromatic nitrogens is 1. The first-order valence-corrected chi connectivity index (χ1v) is 12.2. The third kappa shape index (κ3) is 3.36. The highest BCUT2D eigenvalue weighted by Crippen LogP contribution is 2.44. The molecule has 1 aromatic heterocycles. The van der Waals surface area contributed by atoms with Crippen molar-refractivity contribution in [2.45, 2.75) is 37.9 Å². The Hall–Kier alpha value is -4.20. The van der Waals surface area contributed by atoms with Gasteiger partial charge in [0.15, 0.2) is 5.82 Å². The van der Waals surface area contributed by atoms with Gasteiger partial charge in [0.1, 0.15) is 11.9 Å². The van der Waals surface area contributed by atoms with Gasteiger partial charge in [-0.25, -0.2) is 4.98 Å². The Morgan fingerprint density at radius 3 is 2.44 bits per heavy atom. The van der Waals surface area contributed by atoms with Crippen LogP contribution in [0.1, 0.15) is 57.7 Å². The van der Waals surface area contributed by atoms with Crippen LogP contribution < -0.4 is 20.0 Å². The van der Waals surface area contributed by atoms with E-state index in [0.717, 1.165) is 24.0 Å². The summed E-state index contributed by atoms with van der Waals surface area (Å²) in [7, 11) is 3.57. The maximum absolute atomic E-state index is 14.1. The van der Waals surface area contributed by atoms with Crippen LogP contribution in [0.3, 0.4) is 0 Å². The summed E-state index contributed by atoms with van der Waals surface area (Å²) >= 11 is 0. The molecule has 2 aliphatic heterocycles. The van der Waals surface area contributed by atoms with E-state index in [2.05, 4.69) is 5.32 Å². The van der Waals surface area contributed by atoms with E-state index in [9.17, 15) is 14.4 Å². The molecule has 0 radical (unpaired) electrons. The number of pyridine rings is 1. The fourth-order valence-corrected chi connectivity index (χ4v) is 5.13. The van der Waals surface area contributed by atoms with Gasteiger partial charge >= 0.3 is 0 Å². The predicted octanol–water partition coefficient (Wildman–Crippen LogP) is 3.52. The zero-order valence-electron chi connectivity index (χ0n) is 20.4. The lowest BCUT2D eigenvalue weighted by molar-refractivity contribution is -0.119. The molecule has 3 heterocycles. The summed E-state index contributed by atoms with van der Waals surface area (Å²) in [4.78, 5) is 49.8. The van der Waals surface area contributed by atoms with Gasteiger partial charge in [0.05, 0.1) is 22.9 Å². The molecule has 8 heteroatoms. The van der Waals surface area contributed by atoms with E-state index in [0.29, 0.717) is 28.5 Å². The molecule has 2 unspecified atom stereocenters. The SMILES string of the molecule is CC1C(=O)N(C)c2ccc(N3C(=O)c4c(C(=O)NC5CC5)cccc4C3c3ccccc3)nc2N1C. The number of rotatable bonds is 4. The molecule has 2 atom stereocenters. The van der Waals surface area contributed by atoms with Crippen LogP contribution in [-0.4, -0.2) is 48.9 Å². The molecule has 2 aromatic carbocycles. The summed E-state index contributed by atoms with van der Waals surface area (Å²) in [5, 5.41) is 3.02. The van der Waals surface area contributed by atoms with Gasteiger partial charge in [-0.15, -0.1) is 0 Å². The molecule has 8 nitrogen and oxygen atoms in total.